The van der Waals surface area contributed by atoms with Gasteiger partial charge in [-0.15, -0.1) is 40.1 Å². The number of anilines is 2. The fourth-order valence-electron chi connectivity index (χ4n) is 10.7. The first-order valence-corrected chi connectivity index (χ1v) is 39.7. The van der Waals surface area contributed by atoms with E-state index in [0.29, 0.717) is 28.6 Å². The highest BCUT2D eigenvalue weighted by atomic mass is 32.2. The summed E-state index contributed by atoms with van der Waals surface area (Å²) in [5.74, 6) is -3.36. The third kappa shape index (κ3) is 18.0. The minimum Gasteiger partial charge on any atom is -0.507 e. The highest BCUT2D eigenvalue weighted by Gasteiger charge is 2.31. The average Bonchev–Trinajstić information content (AvgIpc) is 0.755. The van der Waals surface area contributed by atoms with E-state index in [-0.39, 0.29) is 101 Å². The summed E-state index contributed by atoms with van der Waals surface area (Å²) < 4.78 is 221. The lowest BCUT2D eigenvalue weighted by atomic mass is 10.0. The van der Waals surface area contributed by atoms with Crippen LogP contribution in [0, 0.1) is 20.8 Å². The predicted octanol–water partition coefficient (Wildman–Crippen LogP) is 16.1. The highest BCUT2D eigenvalue weighted by molar-refractivity contribution is 7.94. The molecular weight excluding hydrogens is 1620 g/mol. The van der Waals surface area contributed by atoms with Crippen LogP contribution in [0.25, 0.3) is 43.1 Å². The summed E-state index contributed by atoms with van der Waals surface area (Å²) in [6, 6.07) is 31.2. The molecule has 574 valence electrons. The van der Waals surface area contributed by atoms with Crippen molar-refractivity contribution in [2.24, 2.45) is 51.1 Å². The molecule has 11 aromatic rings. The number of hydrogen-bond donors (Lipinski definition) is 13. The van der Waals surface area contributed by atoms with Crippen LogP contribution in [0.1, 0.15) is 16.7 Å². The number of phenolic OH excluding ortho intramolecular Hbond substituents is 4. The van der Waals surface area contributed by atoms with Crippen molar-refractivity contribution in [1.29, 1.82) is 0 Å². The maximum Gasteiger partial charge on any atom is 0.297 e. The van der Waals surface area contributed by atoms with Crippen LogP contribution in [0.4, 0.5) is 62.6 Å². The molecule has 0 amide bonds. The number of nitrogens with one attached hydrogen (secondary N) is 1. The third-order valence-electron chi connectivity index (χ3n) is 15.3. The quantitative estimate of drug-likeness (QED) is 0.00667. The van der Waals surface area contributed by atoms with Gasteiger partial charge in [0.05, 0.1) is 44.3 Å². The minimum absolute atomic E-state index is 0.00446. The van der Waals surface area contributed by atoms with Crippen LogP contribution < -0.4 is 9.50 Å². The first-order chi connectivity index (χ1) is 51.6. The van der Waals surface area contributed by atoms with Crippen molar-refractivity contribution >= 4 is 191 Å². The van der Waals surface area contributed by atoms with Gasteiger partial charge >= 0.3 is 0 Å². The topological polar surface area (TPSA) is 629 Å². The SMILES string of the molecule is CN=Nc1c(Nc2ccccc2)ccc2c(O)c(N=Nc3ccc4c(O)c(N=Nc5ccccc5S(=O)(=O)O)c(SOOO)cc4c3S(=O)(=O)O)c(S(=O)(=O)O)cc12.Cc1cc(N=Nc2cc(OSOOO)c(N=Nc3c(S(=O)(=O)O)cc4c(S(=O)(=O)O)c(C)ccc4c3O)cc2C)c2c(O)cc(S(=O)(=O)O)cc2c1. The number of fused-ring (bicyclic) bond motifs is 4. The number of para-hydroxylation sites is 1. The molecule has 0 aliphatic heterocycles. The first-order valence-electron chi connectivity index (χ1n) is 29.7. The lowest BCUT2D eigenvalue weighted by Gasteiger charge is -2.15. The third-order valence-corrected chi connectivity index (χ3v) is 21.7. The van der Waals surface area contributed by atoms with E-state index in [0.717, 1.165) is 48.5 Å². The zero-order valence-electron chi connectivity index (χ0n) is 55.4. The van der Waals surface area contributed by atoms with Crippen LogP contribution in [0.15, 0.2) is 231 Å². The Balaban J connectivity index is 0.000000236. The summed E-state index contributed by atoms with van der Waals surface area (Å²) in [5.41, 5.74) is -1.32. The standard InChI is InChI=1S/C33H25N7O14S4.C29H24N4O15S4/c1-34-38-28-20-16-27(57(47,48)49)30(32(42)18(20)11-13-23(28)35-17-7-3-2-4-8-17)40-37-24-14-12-19-21(33(24)58(50,51)52)15-25(55-54-53-43)29(31(19)41)39-36-22-9-5-6-10-26(22)56(44,45)46;1-13-6-16-9-17(50(37,38)39)10-23(34)26(16)22(7-13)32-30-20-12-24(46-49-48-47-36)21(8-15(20)3)31-33-27-25(51(40,41)42)11-19-18(28(27)35)5-4-14(2)29(19)52(43,44)45/h2-16,35,41-43H,1H3,(H,44,45,46)(H,47,48,49)(H,50,51,52);4-12,34-36H,1-3H3,(H,37,38,39)(H,40,41,42)(H,43,44,45). The lowest BCUT2D eigenvalue weighted by Crippen LogP contribution is -2.04. The summed E-state index contributed by atoms with van der Waals surface area (Å²) in [7, 11) is -28.8. The van der Waals surface area contributed by atoms with Crippen LogP contribution in [-0.4, -0.2) is 116 Å². The highest BCUT2D eigenvalue weighted by Crippen LogP contribution is 2.52. The molecule has 0 fully saturated rings. The van der Waals surface area contributed by atoms with Gasteiger partial charge in [0.2, 0.25) is 0 Å². The zero-order chi connectivity index (χ0) is 80.3. The molecular formula is C62H49N11O29S8. The number of aromatic hydroxyl groups is 4. The first kappa shape index (κ1) is 81.7. The summed E-state index contributed by atoms with van der Waals surface area (Å²) in [6.07, 6.45) is 0. The Morgan fingerprint density at radius 1 is 0.400 bits per heavy atom. The second-order valence-corrected chi connectivity index (χ2v) is 31.9. The molecule has 0 spiro atoms. The Morgan fingerprint density at radius 2 is 0.927 bits per heavy atom. The van der Waals surface area contributed by atoms with Crippen LogP contribution in [0.3, 0.4) is 0 Å². The molecule has 0 atom stereocenters. The van der Waals surface area contributed by atoms with Crippen LogP contribution in [-0.2, 0) is 79.5 Å². The fraction of sp³-hybridized carbons (Fsp3) is 0.0645. The Bertz CT molecular complexity index is 6500. The second kappa shape index (κ2) is 32.4. The molecule has 0 aliphatic carbocycles. The van der Waals surface area contributed by atoms with Crippen molar-refractivity contribution < 1.29 is 132 Å². The van der Waals surface area contributed by atoms with E-state index in [1.165, 1.54) is 69.4 Å². The van der Waals surface area contributed by atoms with Crippen molar-refractivity contribution in [3.63, 3.8) is 0 Å². The molecule has 0 heterocycles. The molecule has 48 heteroatoms. The molecule has 0 unspecified atom stereocenters. The van der Waals surface area contributed by atoms with Gasteiger partial charge in [-0.2, -0.15) is 65.8 Å². The predicted molar refractivity (Wildman–Crippen MR) is 389 cm³/mol. The smallest absolute Gasteiger partial charge is 0.297 e. The van der Waals surface area contributed by atoms with Gasteiger partial charge in [0.15, 0.2) is 23.0 Å². The molecule has 0 saturated carbocycles. The molecule has 0 aromatic heterocycles. The molecule has 110 heavy (non-hydrogen) atoms. The molecule has 0 radical (unpaired) electrons. The van der Waals surface area contributed by atoms with Gasteiger partial charge in [-0.05, 0) is 128 Å². The van der Waals surface area contributed by atoms with Gasteiger partial charge < -0.3 is 29.9 Å². The Morgan fingerprint density at radius 3 is 1.53 bits per heavy atom. The Kier molecular flexibility index (Phi) is 24.1. The molecule has 13 N–H and O–H groups in total. The van der Waals surface area contributed by atoms with E-state index < -0.39 is 147 Å². The zero-order valence-corrected chi connectivity index (χ0v) is 61.9. The van der Waals surface area contributed by atoms with Crippen molar-refractivity contribution in [1.82, 2.24) is 0 Å². The second-order valence-electron chi connectivity index (χ2n) is 22.4. The van der Waals surface area contributed by atoms with E-state index in [9.17, 15) is 98.2 Å². The van der Waals surface area contributed by atoms with Crippen molar-refractivity contribution in [3.8, 4) is 28.7 Å². The molecule has 40 nitrogen and oxygen atoms in total. The number of nitrogens with zero attached hydrogens (tertiary/aromatic N) is 10. The van der Waals surface area contributed by atoms with E-state index in [1.54, 1.807) is 49.4 Å². The van der Waals surface area contributed by atoms with E-state index in [1.807, 2.05) is 0 Å². The van der Waals surface area contributed by atoms with E-state index in [2.05, 4.69) is 75.2 Å². The molecule has 0 saturated heterocycles. The normalized spacial score (nSPS) is 12.8. The van der Waals surface area contributed by atoms with Gasteiger partial charge in [-0.3, -0.25) is 27.3 Å². The molecule has 0 aliphatic rings. The van der Waals surface area contributed by atoms with Gasteiger partial charge in [0, 0.05) is 57.2 Å². The summed E-state index contributed by atoms with van der Waals surface area (Å²) >= 11 is 0.223. The summed E-state index contributed by atoms with van der Waals surface area (Å²) in [6.45, 7) is 4.52. The van der Waals surface area contributed by atoms with Crippen molar-refractivity contribution in [2.75, 3.05) is 12.4 Å². The van der Waals surface area contributed by atoms with E-state index >= 15 is 0 Å². The van der Waals surface area contributed by atoms with Crippen LogP contribution in [0.2, 0.25) is 0 Å². The van der Waals surface area contributed by atoms with Crippen molar-refractivity contribution in [2.45, 2.75) is 55.0 Å². The largest absolute Gasteiger partial charge is 0.507 e. The van der Waals surface area contributed by atoms with Gasteiger partial charge in [0.25, 0.3) is 73.0 Å². The Hall–Kier alpha value is -10.8. The van der Waals surface area contributed by atoms with Crippen molar-refractivity contribution in [3.05, 3.63) is 162 Å². The lowest BCUT2D eigenvalue weighted by molar-refractivity contribution is -0.433. The van der Waals surface area contributed by atoms with E-state index in [4.69, 9.17) is 14.7 Å². The number of phenols is 4. The number of azo groups is 5. The number of rotatable bonds is 24. The monoisotopic (exact) mass is 1670 g/mol. The number of aryl methyl sites for hydroxylation is 3. The molecule has 0 bridgehead atoms. The summed E-state index contributed by atoms with van der Waals surface area (Å²) in [5, 5.41) is 110. The maximum atomic E-state index is 12.9. The van der Waals surface area contributed by atoms with Gasteiger partial charge in [0.1, 0.15) is 70.0 Å². The number of hydrogen-bond acceptors (Lipinski definition) is 36. The van der Waals surface area contributed by atoms with Crippen LogP contribution >= 0.6 is 24.4 Å². The van der Waals surface area contributed by atoms with Crippen LogP contribution in [0.5, 0.6) is 28.7 Å². The van der Waals surface area contributed by atoms with Gasteiger partial charge in [-0.25, -0.2) is 10.5 Å². The maximum absolute atomic E-state index is 12.9. The van der Waals surface area contributed by atoms with Gasteiger partial charge in [-0.1, -0.05) is 62.9 Å². The summed E-state index contributed by atoms with van der Waals surface area (Å²) in [4.78, 5) is -5.37. The fourth-order valence-corrected chi connectivity index (χ4v) is 15.7. The minimum atomic E-state index is -5.34. The molecule has 11 aromatic carbocycles. The average molecular weight is 1670 g/mol. The molecule has 11 rings (SSSR count). The Labute approximate surface area is 627 Å². The number of benzene rings is 11.